The van der Waals surface area contributed by atoms with Crippen LogP contribution in [0, 0.1) is 40.6 Å². The number of benzene rings is 5. The Labute approximate surface area is 351 Å². The van der Waals surface area contributed by atoms with Gasteiger partial charge in [-0.3, -0.25) is 9.59 Å². The number of nitrogens with zero attached hydrogens (tertiary/aromatic N) is 1. The molecule has 314 valence electrons. The average molecular weight is 832 g/mol. The highest BCUT2D eigenvalue weighted by Gasteiger charge is 2.46. The van der Waals surface area contributed by atoms with Gasteiger partial charge in [0.15, 0.2) is 11.6 Å². The van der Waals surface area contributed by atoms with Gasteiger partial charge >= 0.3 is 11.9 Å². The van der Waals surface area contributed by atoms with Crippen LogP contribution in [0.5, 0.6) is 28.7 Å². The van der Waals surface area contributed by atoms with Gasteiger partial charge in [0.2, 0.25) is 0 Å². The minimum atomic E-state index is -0.658. The molecule has 0 heterocycles. The van der Waals surface area contributed by atoms with Crippen LogP contribution in [0.1, 0.15) is 103 Å². The Bertz CT molecular complexity index is 2480. The standard InChI is InChI=1S/C28H23F2NO4.C21H21FO4/c1-2-33-28(32)21-14-20(21)17-4-6-18(7-5-17)34-26-11-8-19-24(12-9-22(29)27(19)26)35-25-10-3-16(15-31)13-23(25)30;1-2-25-21(24)16-11-15(16)12-3-5-13(6-4-12)26-19-10-7-14-18(23)9-8-17(22)20(14)19/h3-7,9-10,12-13,20-21,26H,2,8,11,14H2,1H3;3-6,8-9,15-16,19,23H,2,7,10-11H2,1H3/t20-,21+,26-;15-,16+,19-/m11/s1. The third-order valence-electron chi connectivity index (χ3n) is 11.7. The highest BCUT2D eigenvalue weighted by atomic mass is 19.1. The fraction of sp³-hybridized carbons (Fsp3) is 0.327. The summed E-state index contributed by atoms with van der Waals surface area (Å²) in [6, 6.07) is 26.4. The van der Waals surface area contributed by atoms with Crippen LogP contribution in [0.25, 0.3) is 0 Å². The van der Waals surface area contributed by atoms with Gasteiger partial charge in [0.25, 0.3) is 0 Å². The minimum Gasteiger partial charge on any atom is -0.508 e. The molecule has 4 aliphatic carbocycles. The Morgan fingerprint density at radius 1 is 0.656 bits per heavy atom. The number of carbonyl (C=O) groups excluding carboxylic acids is 2. The van der Waals surface area contributed by atoms with Crippen molar-refractivity contribution in [2.24, 2.45) is 11.8 Å². The van der Waals surface area contributed by atoms with Crippen molar-refractivity contribution in [3.05, 3.63) is 147 Å². The number of phenols is 1. The molecule has 0 amide bonds. The Balaban J connectivity index is 0.000000176. The van der Waals surface area contributed by atoms with Gasteiger partial charge in [-0.05, 0) is 142 Å². The second kappa shape index (κ2) is 17.6. The molecule has 0 radical (unpaired) electrons. The third kappa shape index (κ3) is 8.87. The van der Waals surface area contributed by atoms with Gasteiger partial charge < -0.3 is 28.8 Å². The van der Waals surface area contributed by atoms with Gasteiger partial charge in [-0.1, -0.05) is 24.3 Å². The van der Waals surface area contributed by atoms with Crippen LogP contribution in [0.2, 0.25) is 0 Å². The molecule has 6 atom stereocenters. The monoisotopic (exact) mass is 831 g/mol. The minimum absolute atomic E-state index is 0.0287. The second-order valence-corrected chi connectivity index (χ2v) is 15.6. The zero-order chi connectivity index (χ0) is 42.8. The second-order valence-electron chi connectivity index (χ2n) is 15.6. The van der Waals surface area contributed by atoms with Crippen molar-refractivity contribution in [1.29, 1.82) is 5.26 Å². The van der Waals surface area contributed by atoms with Crippen LogP contribution >= 0.6 is 0 Å². The molecule has 61 heavy (non-hydrogen) atoms. The third-order valence-corrected chi connectivity index (χ3v) is 11.7. The molecule has 0 spiro atoms. The van der Waals surface area contributed by atoms with Crippen LogP contribution < -0.4 is 14.2 Å². The number of ether oxygens (including phenoxy) is 5. The largest absolute Gasteiger partial charge is 0.508 e. The first-order valence-corrected chi connectivity index (χ1v) is 20.6. The first kappa shape index (κ1) is 41.3. The van der Waals surface area contributed by atoms with Crippen LogP contribution in [0.4, 0.5) is 13.2 Å². The molecule has 0 unspecified atom stereocenters. The zero-order valence-electron chi connectivity index (χ0n) is 33.7. The van der Waals surface area contributed by atoms with E-state index in [2.05, 4.69) is 0 Å². The number of fused-ring (bicyclic) bond motifs is 2. The molecule has 9 nitrogen and oxygen atoms in total. The van der Waals surface area contributed by atoms with Crippen LogP contribution in [0.3, 0.4) is 0 Å². The van der Waals surface area contributed by atoms with E-state index in [1.165, 1.54) is 36.4 Å². The van der Waals surface area contributed by atoms with Crippen molar-refractivity contribution in [2.75, 3.05) is 13.2 Å². The number of rotatable bonds is 12. The lowest BCUT2D eigenvalue weighted by Gasteiger charge is -2.17. The van der Waals surface area contributed by atoms with E-state index in [9.17, 15) is 27.9 Å². The van der Waals surface area contributed by atoms with Gasteiger partial charge in [-0.15, -0.1) is 0 Å². The summed E-state index contributed by atoms with van der Waals surface area (Å²) in [4.78, 5) is 23.7. The number of esters is 2. The molecule has 2 saturated carbocycles. The number of hydrogen-bond donors (Lipinski definition) is 1. The Morgan fingerprint density at radius 3 is 1.66 bits per heavy atom. The summed E-state index contributed by atoms with van der Waals surface area (Å²) in [5.74, 6) is 0.280. The first-order valence-electron chi connectivity index (χ1n) is 20.6. The summed E-state index contributed by atoms with van der Waals surface area (Å²) in [5.41, 5.74) is 4.48. The van der Waals surface area contributed by atoms with E-state index in [-0.39, 0.29) is 58.5 Å². The number of aromatic hydroxyl groups is 1. The molecule has 12 heteroatoms. The normalized spacial score (nSPS) is 21.4. The molecule has 2 fully saturated rings. The fourth-order valence-electron chi connectivity index (χ4n) is 8.46. The van der Waals surface area contributed by atoms with Gasteiger partial charge in [0.1, 0.15) is 46.8 Å². The lowest BCUT2D eigenvalue weighted by Crippen LogP contribution is -2.07. The maximum absolute atomic E-state index is 14.8. The Hall–Kier alpha value is -6.48. The molecule has 0 aliphatic heterocycles. The molecule has 5 aromatic carbocycles. The van der Waals surface area contributed by atoms with Crippen molar-refractivity contribution in [3.8, 4) is 34.8 Å². The summed E-state index contributed by atoms with van der Waals surface area (Å²) >= 11 is 0. The van der Waals surface area contributed by atoms with Crippen molar-refractivity contribution >= 4 is 11.9 Å². The number of phenolic OH excluding ortho intramolecular Hbond substituents is 1. The summed E-state index contributed by atoms with van der Waals surface area (Å²) in [6.45, 7) is 4.39. The Kier molecular flexibility index (Phi) is 11.9. The first-order chi connectivity index (χ1) is 29.6. The summed E-state index contributed by atoms with van der Waals surface area (Å²) in [7, 11) is 0. The molecule has 1 N–H and O–H groups in total. The topological polar surface area (TPSA) is 124 Å². The lowest BCUT2D eigenvalue weighted by atomic mass is 10.1. The fourth-order valence-corrected chi connectivity index (χ4v) is 8.46. The molecule has 0 aromatic heterocycles. The maximum Gasteiger partial charge on any atom is 0.309 e. The smallest absolute Gasteiger partial charge is 0.309 e. The number of halogens is 3. The molecule has 0 bridgehead atoms. The number of carbonyl (C=O) groups is 2. The van der Waals surface area contributed by atoms with E-state index in [0.29, 0.717) is 78.4 Å². The predicted octanol–water partition coefficient (Wildman–Crippen LogP) is 10.6. The highest BCUT2D eigenvalue weighted by Crippen LogP contribution is 2.50. The van der Waals surface area contributed by atoms with E-state index in [1.807, 2.05) is 61.5 Å². The maximum atomic E-state index is 14.8. The van der Waals surface area contributed by atoms with Crippen LogP contribution in [-0.2, 0) is 31.9 Å². The van der Waals surface area contributed by atoms with E-state index in [0.717, 1.165) is 30.0 Å². The SMILES string of the molecule is CCOC(=O)[C@H]1C[C@@H]1c1ccc(O[C@@H]2CCc3c(O)ccc(F)c32)cc1.CCOC(=O)[C@H]1C[C@@H]1c1ccc(O[C@@H]2CCc3c(Oc4ccc(C#N)cc4F)ccc(F)c32)cc1. The quantitative estimate of drug-likeness (QED) is 0.122. The molecule has 4 aliphatic rings. The van der Waals surface area contributed by atoms with Crippen molar-refractivity contribution in [3.63, 3.8) is 0 Å². The van der Waals surface area contributed by atoms with Crippen molar-refractivity contribution < 1.29 is 51.6 Å². The molecular weight excluding hydrogens is 788 g/mol. The van der Waals surface area contributed by atoms with E-state index >= 15 is 0 Å². The van der Waals surface area contributed by atoms with Gasteiger partial charge in [-0.2, -0.15) is 5.26 Å². The molecular formula is C49H44F3NO8. The van der Waals surface area contributed by atoms with Gasteiger partial charge in [0, 0.05) is 22.3 Å². The van der Waals surface area contributed by atoms with Gasteiger partial charge in [0.05, 0.1) is 36.7 Å². The Morgan fingerprint density at radius 2 is 1.15 bits per heavy atom. The summed E-state index contributed by atoms with van der Waals surface area (Å²) in [5, 5.41) is 18.8. The van der Waals surface area contributed by atoms with Crippen molar-refractivity contribution in [2.45, 2.75) is 76.4 Å². The number of nitriles is 1. The average Bonchev–Trinajstić information content (AvgIpc) is 4.16. The van der Waals surface area contributed by atoms with E-state index < -0.39 is 23.8 Å². The summed E-state index contributed by atoms with van der Waals surface area (Å²) < 4.78 is 71.3. The zero-order valence-corrected chi connectivity index (χ0v) is 33.7. The predicted molar refractivity (Wildman–Crippen MR) is 217 cm³/mol. The van der Waals surface area contributed by atoms with Crippen LogP contribution in [0.15, 0.2) is 91.0 Å². The van der Waals surface area contributed by atoms with E-state index in [1.54, 1.807) is 6.92 Å². The highest BCUT2D eigenvalue weighted by molar-refractivity contribution is 5.78. The van der Waals surface area contributed by atoms with Crippen molar-refractivity contribution in [1.82, 2.24) is 0 Å². The molecule has 9 rings (SSSR count). The summed E-state index contributed by atoms with van der Waals surface area (Å²) in [6.07, 6.45) is 3.02. The number of hydrogen-bond acceptors (Lipinski definition) is 9. The van der Waals surface area contributed by atoms with Gasteiger partial charge in [-0.25, -0.2) is 13.2 Å². The molecule has 5 aromatic rings. The van der Waals surface area contributed by atoms with E-state index in [4.69, 9.17) is 28.9 Å². The lowest BCUT2D eigenvalue weighted by molar-refractivity contribution is -0.145. The van der Waals surface area contributed by atoms with Crippen LogP contribution in [-0.4, -0.2) is 30.3 Å². The molecule has 0 saturated heterocycles.